The fourth-order valence-corrected chi connectivity index (χ4v) is 6.70. The molecule has 1 saturated carbocycles. The molecule has 0 spiro atoms. The van der Waals surface area contributed by atoms with Gasteiger partial charge in [0.15, 0.2) is 5.82 Å². The van der Waals surface area contributed by atoms with Crippen LogP contribution in [0.2, 0.25) is 5.02 Å². The Labute approximate surface area is 253 Å². The van der Waals surface area contributed by atoms with E-state index in [1.54, 1.807) is 0 Å². The summed E-state index contributed by atoms with van der Waals surface area (Å²) < 4.78 is 8.27. The average molecular weight is 580 g/mol. The van der Waals surface area contributed by atoms with Gasteiger partial charge in [-0.25, -0.2) is 9.67 Å². The number of ether oxygens (including phenoxy) is 1. The zero-order valence-corrected chi connectivity index (χ0v) is 26.2. The van der Waals surface area contributed by atoms with Crippen LogP contribution in [0, 0.1) is 25.2 Å². The predicted molar refractivity (Wildman–Crippen MR) is 170 cm³/mol. The van der Waals surface area contributed by atoms with Gasteiger partial charge >= 0.3 is 0 Å². The van der Waals surface area contributed by atoms with E-state index in [9.17, 15) is 4.79 Å². The van der Waals surface area contributed by atoms with Gasteiger partial charge in [0.2, 0.25) is 0 Å². The minimum atomic E-state index is -0.339. The molecule has 216 valence electrons. The Hall–Kier alpha value is -3.70. The number of aromatic nitrogens is 2. The number of hydrogen-bond donors (Lipinski definition) is 0. The molecular weight excluding hydrogens is 542 g/mol. The maximum absolute atomic E-state index is 14.0. The second-order valence-corrected chi connectivity index (χ2v) is 14.1. The SMILES string of the molecule is Cc1ccc(-n2nc(C(C)(C)C)c3c2N=C2CC(C)(C)CC(=O)C2C3c2cccc(Oc3ccc(Cl)cc3)c2)c(C)c1. The number of halogens is 1. The van der Waals surface area contributed by atoms with Gasteiger partial charge in [-0.15, -0.1) is 0 Å². The van der Waals surface area contributed by atoms with Crippen LogP contribution < -0.4 is 4.74 Å². The maximum atomic E-state index is 14.0. The molecule has 0 radical (unpaired) electrons. The Morgan fingerprint density at radius 2 is 1.67 bits per heavy atom. The quantitative estimate of drug-likeness (QED) is 0.242. The molecule has 6 rings (SSSR count). The van der Waals surface area contributed by atoms with E-state index < -0.39 is 0 Å². The first-order valence-corrected chi connectivity index (χ1v) is 15.0. The minimum Gasteiger partial charge on any atom is -0.457 e. The van der Waals surface area contributed by atoms with Gasteiger partial charge in [0, 0.05) is 34.1 Å². The van der Waals surface area contributed by atoms with Gasteiger partial charge in [-0.1, -0.05) is 76.0 Å². The highest BCUT2D eigenvalue weighted by Crippen LogP contribution is 2.52. The van der Waals surface area contributed by atoms with Crippen LogP contribution in [0.15, 0.2) is 71.7 Å². The van der Waals surface area contributed by atoms with Crippen molar-refractivity contribution in [3.63, 3.8) is 0 Å². The molecule has 2 aliphatic rings. The zero-order valence-electron chi connectivity index (χ0n) is 25.5. The monoisotopic (exact) mass is 579 g/mol. The summed E-state index contributed by atoms with van der Waals surface area (Å²) in [6, 6.07) is 21.9. The van der Waals surface area contributed by atoms with Gasteiger partial charge in [0.1, 0.15) is 17.3 Å². The predicted octanol–water partition coefficient (Wildman–Crippen LogP) is 9.46. The van der Waals surface area contributed by atoms with Crippen LogP contribution in [0.5, 0.6) is 11.5 Å². The van der Waals surface area contributed by atoms with E-state index in [2.05, 4.69) is 78.8 Å². The second kappa shape index (κ2) is 10.2. The van der Waals surface area contributed by atoms with Gasteiger partial charge in [-0.3, -0.25) is 4.79 Å². The molecule has 0 N–H and O–H groups in total. The summed E-state index contributed by atoms with van der Waals surface area (Å²) >= 11 is 6.10. The number of ketones is 1. The molecule has 1 aliphatic heterocycles. The molecule has 5 nitrogen and oxygen atoms in total. The Morgan fingerprint density at radius 3 is 2.36 bits per heavy atom. The number of carbonyl (C=O) groups excluding carboxylic acids is 1. The first-order chi connectivity index (χ1) is 19.8. The Morgan fingerprint density at radius 1 is 0.929 bits per heavy atom. The number of carbonyl (C=O) groups is 1. The summed E-state index contributed by atoms with van der Waals surface area (Å²) in [4.78, 5) is 19.3. The lowest BCUT2D eigenvalue weighted by Crippen LogP contribution is -2.42. The number of hydrogen-bond acceptors (Lipinski definition) is 4. The van der Waals surface area contributed by atoms with E-state index in [0.717, 1.165) is 46.0 Å². The van der Waals surface area contributed by atoms with Gasteiger partial charge in [-0.05, 0) is 79.3 Å². The summed E-state index contributed by atoms with van der Waals surface area (Å²) in [5.74, 6) is 1.92. The molecule has 1 aromatic heterocycles. The molecule has 4 aromatic rings. The third-order valence-corrected chi connectivity index (χ3v) is 8.62. The minimum absolute atomic E-state index is 0.147. The molecule has 1 fully saturated rings. The van der Waals surface area contributed by atoms with Gasteiger partial charge in [-0.2, -0.15) is 5.10 Å². The number of Topliss-reactive ketones (excluding diaryl/α,β-unsaturated/α-hetero) is 1. The highest BCUT2D eigenvalue weighted by Gasteiger charge is 2.48. The number of fused-ring (bicyclic) bond motifs is 2. The molecule has 2 heterocycles. The van der Waals surface area contributed by atoms with Crippen molar-refractivity contribution in [1.29, 1.82) is 0 Å². The summed E-state index contributed by atoms with van der Waals surface area (Å²) in [5.41, 5.74) is 6.91. The summed E-state index contributed by atoms with van der Waals surface area (Å²) in [6.45, 7) is 15.1. The maximum Gasteiger partial charge on any atom is 0.159 e. The van der Waals surface area contributed by atoms with Crippen molar-refractivity contribution >= 4 is 28.9 Å². The van der Waals surface area contributed by atoms with Crippen molar-refractivity contribution in [2.45, 2.75) is 72.6 Å². The highest BCUT2D eigenvalue weighted by atomic mass is 35.5. The number of rotatable bonds is 4. The van der Waals surface area contributed by atoms with E-state index in [-0.39, 0.29) is 28.4 Å². The normalized spacial score (nSPS) is 19.6. The first-order valence-electron chi connectivity index (χ1n) is 14.7. The van der Waals surface area contributed by atoms with Crippen molar-refractivity contribution in [3.8, 4) is 17.2 Å². The number of aryl methyl sites for hydroxylation is 2. The molecular formula is C36H38ClN3O2. The van der Waals surface area contributed by atoms with Crippen LogP contribution in [-0.2, 0) is 10.2 Å². The molecule has 42 heavy (non-hydrogen) atoms. The van der Waals surface area contributed by atoms with E-state index >= 15 is 0 Å². The van der Waals surface area contributed by atoms with Gasteiger partial charge in [0.25, 0.3) is 0 Å². The van der Waals surface area contributed by atoms with Crippen LogP contribution in [-0.4, -0.2) is 21.3 Å². The van der Waals surface area contributed by atoms with Crippen LogP contribution in [0.1, 0.15) is 81.3 Å². The average Bonchev–Trinajstić information content (AvgIpc) is 3.28. The van der Waals surface area contributed by atoms with Gasteiger partial charge in [0.05, 0.1) is 17.3 Å². The van der Waals surface area contributed by atoms with Crippen molar-refractivity contribution in [2.75, 3.05) is 0 Å². The van der Waals surface area contributed by atoms with Crippen molar-refractivity contribution < 1.29 is 9.53 Å². The zero-order chi connectivity index (χ0) is 30.0. The lowest BCUT2D eigenvalue weighted by Gasteiger charge is -2.41. The molecule has 2 unspecified atom stereocenters. The van der Waals surface area contributed by atoms with Crippen LogP contribution in [0.3, 0.4) is 0 Å². The Balaban J connectivity index is 1.58. The van der Waals surface area contributed by atoms with E-state index in [4.69, 9.17) is 26.4 Å². The smallest absolute Gasteiger partial charge is 0.159 e. The van der Waals surface area contributed by atoms with Gasteiger partial charge < -0.3 is 4.74 Å². The van der Waals surface area contributed by atoms with Crippen LogP contribution in [0.4, 0.5) is 5.82 Å². The highest BCUT2D eigenvalue weighted by molar-refractivity contribution is 6.30. The molecule has 0 amide bonds. The third-order valence-electron chi connectivity index (χ3n) is 8.37. The van der Waals surface area contributed by atoms with E-state index in [0.29, 0.717) is 22.9 Å². The number of aliphatic imine (C=N–C) groups is 1. The first kappa shape index (κ1) is 28.4. The summed E-state index contributed by atoms with van der Waals surface area (Å²) in [7, 11) is 0. The summed E-state index contributed by atoms with van der Waals surface area (Å²) in [6.07, 6.45) is 1.29. The van der Waals surface area contributed by atoms with E-state index in [1.165, 1.54) is 5.56 Å². The number of nitrogens with zero attached hydrogens (tertiary/aromatic N) is 3. The fourth-order valence-electron chi connectivity index (χ4n) is 6.57. The lowest BCUT2D eigenvalue weighted by atomic mass is 9.63. The fraction of sp³-hybridized carbons (Fsp3) is 0.361. The Bertz CT molecular complexity index is 1720. The topological polar surface area (TPSA) is 56.5 Å². The number of benzene rings is 3. The molecule has 0 bridgehead atoms. The summed E-state index contributed by atoms with van der Waals surface area (Å²) in [5, 5.41) is 5.93. The molecule has 6 heteroatoms. The lowest BCUT2D eigenvalue weighted by molar-refractivity contribution is -0.124. The van der Waals surface area contributed by atoms with E-state index in [1.807, 2.05) is 41.1 Å². The molecule has 2 atom stereocenters. The molecule has 3 aromatic carbocycles. The van der Waals surface area contributed by atoms with Crippen molar-refractivity contribution in [3.05, 3.63) is 99.7 Å². The third kappa shape index (κ3) is 5.20. The molecule has 0 saturated heterocycles. The van der Waals surface area contributed by atoms with Crippen LogP contribution in [0.25, 0.3) is 5.69 Å². The largest absolute Gasteiger partial charge is 0.457 e. The molecule has 1 aliphatic carbocycles. The van der Waals surface area contributed by atoms with Crippen molar-refractivity contribution in [2.24, 2.45) is 16.3 Å². The second-order valence-electron chi connectivity index (χ2n) is 13.7. The Kier molecular flexibility index (Phi) is 6.93. The van der Waals surface area contributed by atoms with Crippen molar-refractivity contribution in [1.82, 2.24) is 9.78 Å². The van der Waals surface area contributed by atoms with Crippen LogP contribution >= 0.6 is 11.6 Å². The standard InChI is InChI=1S/C36H38ClN3O2/c1-21-11-16-28(22(2)17-21)40-34-32(33(39-40)35(3,4)5)30(31-27(38-34)19-36(6,7)20-29(31)41)23-9-8-10-26(18-23)42-25-14-12-24(37)13-15-25/h8-18,30-31H,19-20H2,1-7H3.